The second-order valence-corrected chi connectivity index (χ2v) is 4.85. The van der Waals surface area contributed by atoms with Gasteiger partial charge in [0.1, 0.15) is 0 Å². The van der Waals surface area contributed by atoms with Crippen LogP contribution in [0.25, 0.3) is 0 Å². The molecule has 1 saturated carbocycles. The van der Waals surface area contributed by atoms with Crippen LogP contribution in [0.5, 0.6) is 0 Å². The number of rotatable bonds is 4. The highest BCUT2D eigenvalue weighted by Crippen LogP contribution is 2.45. The lowest BCUT2D eigenvalue weighted by Gasteiger charge is -2.16. The number of hydrogen-bond donors (Lipinski definition) is 0. The Labute approximate surface area is 93.7 Å². The Morgan fingerprint density at radius 3 is 2.67 bits per heavy atom. The molecule has 1 unspecified atom stereocenters. The van der Waals surface area contributed by atoms with Crippen LogP contribution in [0, 0.1) is 6.92 Å². The van der Waals surface area contributed by atoms with E-state index in [-0.39, 0.29) is 0 Å². The molecule has 15 heavy (non-hydrogen) atoms. The van der Waals surface area contributed by atoms with Gasteiger partial charge in [-0.1, -0.05) is 38.5 Å². The molecule has 2 rings (SSSR count). The van der Waals surface area contributed by atoms with Crippen molar-refractivity contribution in [2.45, 2.75) is 51.4 Å². The first-order chi connectivity index (χ1) is 7.24. The molecule has 1 fully saturated rings. The fourth-order valence-corrected chi connectivity index (χ4v) is 2.42. The average Bonchev–Trinajstić information content (AvgIpc) is 3.01. The quantitative estimate of drug-likeness (QED) is 0.675. The number of hydrogen-bond acceptors (Lipinski definition) is 0. The molecule has 1 aromatic carbocycles. The maximum Gasteiger partial charge on any atom is -0.0156 e. The predicted octanol–water partition coefficient (Wildman–Crippen LogP) is 4.45. The van der Waals surface area contributed by atoms with Crippen molar-refractivity contribution in [1.29, 1.82) is 0 Å². The van der Waals surface area contributed by atoms with Gasteiger partial charge < -0.3 is 0 Å². The first kappa shape index (κ1) is 10.7. The van der Waals surface area contributed by atoms with E-state index in [1.54, 1.807) is 11.1 Å². The molecule has 0 N–H and O–H groups in total. The van der Waals surface area contributed by atoms with E-state index in [1.807, 2.05) is 0 Å². The van der Waals surface area contributed by atoms with Crippen molar-refractivity contribution in [3.8, 4) is 0 Å². The van der Waals surface area contributed by atoms with Crippen LogP contribution in [0.4, 0.5) is 0 Å². The summed E-state index contributed by atoms with van der Waals surface area (Å²) in [7, 11) is 0. The van der Waals surface area contributed by atoms with Gasteiger partial charge in [0.25, 0.3) is 0 Å². The lowest BCUT2D eigenvalue weighted by molar-refractivity contribution is 0.861. The maximum atomic E-state index is 4.18. The fourth-order valence-electron chi connectivity index (χ4n) is 2.42. The summed E-state index contributed by atoms with van der Waals surface area (Å²) in [6, 6.07) is 6.78. The SMILES string of the molecule is [CH2]C(C)c1cccc(CCC)c1C1CC1. The summed E-state index contributed by atoms with van der Waals surface area (Å²) in [5.74, 6) is 1.28. The molecular weight excluding hydrogens is 180 g/mol. The third-order valence-corrected chi connectivity index (χ3v) is 3.27. The molecule has 81 valence electrons. The van der Waals surface area contributed by atoms with Crippen LogP contribution >= 0.6 is 0 Å². The summed E-state index contributed by atoms with van der Waals surface area (Å²) in [5, 5.41) is 0. The minimum absolute atomic E-state index is 0.428. The maximum absolute atomic E-state index is 4.18. The molecule has 0 amide bonds. The zero-order chi connectivity index (χ0) is 10.8. The van der Waals surface area contributed by atoms with Gasteiger partial charge in [-0.15, -0.1) is 0 Å². The summed E-state index contributed by atoms with van der Waals surface area (Å²) < 4.78 is 0. The minimum Gasteiger partial charge on any atom is -0.0651 e. The summed E-state index contributed by atoms with van der Waals surface area (Å²) in [6.07, 6.45) is 5.25. The van der Waals surface area contributed by atoms with Crippen molar-refractivity contribution in [1.82, 2.24) is 0 Å². The molecule has 0 aromatic heterocycles. The van der Waals surface area contributed by atoms with Gasteiger partial charge in [0, 0.05) is 0 Å². The molecule has 0 aliphatic heterocycles. The number of aryl methyl sites for hydroxylation is 1. The average molecular weight is 201 g/mol. The molecule has 0 heterocycles. The van der Waals surface area contributed by atoms with Gasteiger partial charge in [0.2, 0.25) is 0 Å². The highest BCUT2D eigenvalue weighted by Gasteiger charge is 2.28. The van der Waals surface area contributed by atoms with E-state index in [4.69, 9.17) is 0 Å². The van der Waals surface area contributed by atoms with Gasteiger partial charge in [0.05, 0.1) is 0 Å². The largest absolute Gasteiger partial charge is 0.0651 e. The molecule has 1 aliphatic rings. The minimum atomic E-state index is 0.428. The molecular formula is C15H21. The van der Waals surface area contributed by atoms with Crippen molar-refractivity contribution >= 4 is 0 Å². The molecule has 0 spiro atoms. The number of benzene rings is 1. The lowest BCUT2D eigenvalue weighted by atomic mass is 9.89. The molecule has 1 radical (unpaired) electrons. The first-order valence-electron chi connectivity index (χ1n) is 6.18. The lowest BCUT2D eigenvalue weighted by Crippen LogP contribution is -2.00. The zero-order valence-electron chi connectivity index (χ0n) is 9.92. The molecule has 0 bridgehead atoms. The summed E-state index contributed by atoms with van der Waals surface area (Å²) in [5.41, 5.74) is 4.71. The Morgan fingerprint density at radius 2 is 2.13 bits per heavy atom. The van der Waals surface area contributed by atoms with Crippen LogP contribution in [0.3, 0.4) is 0 Å². The van der Waals surface area contributed by atoms with Gasteiger partial charge in [0.15, 0.2) is 0 Å². The van der Waals surface area contributed by atoms with E-state index < -0.39 is 0 Å². The Morgan fingerprint density at radius 1 is 1.40 bits per heavy atom. The first-order valence-corrected chi connectivity index (χ1v) is 6.18. The smallest absolute Gasteiger partial charge is 0.0156 e. The summed E-state index contributed by atoms with van der Waals surface area (Å²) in [4.78, 5) is 0. The third kappa shape index (κ3) is 2.25. The Hall–Kier alpha value is -0.780. The van der Waals surface area contributed by atoms with E-state index in [9.17, 15) is 0 Å². The van der Waals surface area contributed by atoms with Crippen LogP contribution in [-0.2, 0) is 6.42 Å². The van der Waals surface area contributed by atoms with Crippen molar-refractivity contribution < 1.29 is 0 Å². The summed E-state index contributed by atoms with van der Waals surface area (Å²) in [6.45, 7) is 8.65. The Bertz CT molecular complexity index is 332. The van der Waals surface area contributed by atoms with Crippen LogP contribution in [0.1, 0.15) is 61.6 Å². The summed E-state index contributed by atoms with van der Waals surface area (Å²) >= 11 is 0. The second-order valence-electron chi connectivity index (χ2n) is 4.85. The highest BCUT2D eigenvalue weighted by atomic mass is 14.3. The standard InChI is InChI=1S/C15H21/c1-4-6-12-7-5-8-14(11(2)3)15(12)13-9-10-13/h5,7-8,11,13H,2,4,6,9-10H2,1,3H3. The van der Waals surface area contributed by atoms with Crippen molar-refractivity contribution in [3.63, 3.8) is 0 Å². The Balaban J connectivity index is 2.40. The molecule has 1 aromatic rings. The van der Waals surface area contributed by atoms with Gasteiger partial charge in [-0.2, -0.15) is 0 Å². The van der Waals surface area contributed by atoms with Crippen molar-refractivity contribution in [2.24, 2.45) is 0 Å². The second kappa shape index (κ2) is 4.38. The van der Waals surface area contributed by atoms with Gasteiger partial charge >= 0.3 is 0 Å². The van der Waals surface area contributed by atoms with Crippen LogP contribution in [0.15, 0.2) is 18.2 Å². The Kier molecular flexibility index (Phi) is 3.14. The topological polar surface area (TPSA) is 0 Å². The van der Waals surface area contributed by atoms with E-state index in [0.717, 1.165) is 5.92 Å². The van der Waals surface area contributed by atoms with Gasteiger partial charge in [-0.3, -0.25) is 0 Å². The van der Waals surface area contributed by atoms with Gasteiger partial charge in [-0.05, 0) is 54.7 Å². The normalized spacial score (nSPS) is 16.0. The fraction of sp³-hybridized carbons (Fsp3) is 0.533. The van der Waals surface area contributed by atoms with Crippen LogP contribution in [-0.4, -0.2) is 0 Å². The van der Waals surface area contributed by atoms with Gasteiger partial charge in [-0.25, -0.2) is 0 Å². The van der Waals surface area contributed by atoms with Crippen LogP contribution in [0.2, 0.25) is 0 Å². The molecule has 0 heteroatoms. The van der Waals surface area contributed by atoms with E-state index in [1.165, 1.54) is 31.2 Å². The molecule has 0 saturated heterocycles. The van der Waals surface area contributed by atoms with Crippen LogP contribution < -0.4 is 0 Å². The predicted molar refractivity (Wildman–Crippen MR) is 66.2 cm³/mol. The van der Waals surface area contributed by atoms with E-state index in [0.29, 0.717) is 5.92 Å². The van der Waals surface area contributed by atoms with E-state index >= 15 is 0 Å². The zero-order valence-corrected chi connectivity index (χ0v) is 9.92. The molecule has 1 aliphatic carbocycles. The molecule has 1 atom stereocenters. The monoisotopic (exact) mass is 201 g/mol. The highest BCUT2D eigenvalue weighted by molar-refractivity contribution is 5.42. The van der Waals surface area contributed by atoms with Crippen molar-refractivity contribution in [3.05, 3.63) is 41.8 Å². The third-order valence-electron chi connectivity index (χ3n) is 3.27. The van der Waals surface area contributed by atoms with Crippen molar-refractivity contribution in [2.75, 3.05) is 0 Å². The molecule has 0 nitrogen and oxygen atoms in total. The van der Waals surface area contributed by atoms with E-state index in [2.05, 4.69) is 39.0 Å².